The van der Waals surface area contributed by atoms with Crippen LogP contribution in [0.4, 0.5) is 5.82 Å². The van der Waals surface area contributed by atoms with Crippen molar-refractivity contribution in [3.8, 4) is 0 Å². The lowest BCUT2D eigenvalue weighted by Crippen LogP contribution is -2.42. The number of hydrogen-bond acceptors (Lipinski definition) is 4. The standard InChI is InChI=1S/C10H15N3O2/c1-12-6-4-11-9(10(12)15)13-5-2-3-8(14)7-13/h4,6,8,14H,2-3,5,7H2,1H3/t8-/m0/s1. The van der Waals surface area contributed by atoms with Crippen molar-refractivity contribution in [2.45, 2.75) is 18.9 Å². The summed E-state index contributed by atoms with van der Waals surface area (Å²) in [7, 11) is 1.70. The second-order valence-electron chi connectivity index (χ2n) is 3.91. The van der Waals surface area contributed by atoms with E-state index in [1.165, 1.54) is 4.57 Å². The molecule has 1 fully saturated rings. The van der Waals surface area contributed by atoms with Gasteiger partial charge in [0.15, 0.2) is 5.82 Å². The maximum Gasteiger partial charge on any atom is 0.293 e. The largest absolute Gasteiger partial charge is 0.391 e. The van der Waals surface area contributed by atoms with Crippen LogP contribution < -0.4 is 10.5 Å². The summed E-state index contributed by atoms with van der Waals surface area (Å²) >= 11 is 0. The van der Waals surface area contributed by atoms with Crippen LogP contribution >= 0.6 is 0 Å². The lowest BCUT2D eigenvalue weighted by atomic mass is 10.1. The fourth-order valence-corrected chi connectivity index (χ4v) is 1.85. The van der Waals surface area contributed by atoms with Crippen molar-refractivity contribution in [3.63, 3.8) is 0 Å². The molecule has 0 aromatic carbocycles. The van der Waals surface area contributed by atoms with Crippen LogP contribution in [0.15, 0.2) is 17.2 Å². The summed E-state index contributed by atoms with van der Waals surface area (Å²) in [6.07, 6.45) is 4.61. The van der Waals surface area contributed by atoms with Gasteiger partial charge in [-0.2, -0.15) is 0 Å². The second-order valence-corrected chi connectivity index (χ2v) is 3.91. The van der Waals surface area contributed by atoms with Gasteiger partial charge in [0.05, 0.1) is 6.10 Å². The van der Waals surface area contributed by atoms with E-state index in [1.54, 1.807) is 19.4 Å². The van der Waals surface area contributed by atoms with E-state index >= 15 is 0 Å². The third-order valence-corrected chi connectivity index (χ3v) is 2.69. The van der Waals surface area contributed by atoms with Crippen LogP contribution in [0, 0.1) is 0 Å². The molecule has 0 saturated carbocycles. The Bertz CT molecular complexity index is 402. The smallest absolute Gasteiger partial charge is 0.293 e. The number of aliphatic hydroxyl groups excluding tert-OH is 1. The number of piperidine rings is 1. The quantitative estimate of drug-likeness (QED) is 0.692. The third kappa shape index (κ3) is 2.02. The first-order valence-electron chi connectivity index (χ1n) is 5.13. The minimum absolute atomic E-state index is 0.105. The van der Waals surface area contributed by atoms with E-state index in [0.29, 0.717) is 12.4 Å². The van der Waals surface area contributed by atoms with E-state index < -0.39 is 0 Å². The van der Waals surface area contributed by atoms with Gasteiger partial charge in [0.25, 0.3) is 5.56 Å². The molecule has 1 aromatic heterocycles. The average Bonchev–Trinajstić information content (AvgIpc) is 2.22. The molecule has 0 amide bonds. The van der Waals surface area contributed by atoms with Crippen LogP contribution in [-0.4, -0.2) is 33.9 Å². The zero-order valence-electron chi connectivity index (χ0n) is 8.76. The van der Waals surface area contributed by atoms with Crippen molar-refractivity contribution in [3.05, 3.63) is 22.7 Å². The maximum atomic E-state index is 11.8. The molecular weight excluding hydrogens is 194 g/mol. The van der Waals surface area contributed by atoms with E-state index in [2.05, 4.69) is 4.98 Å². The monoisotopic (exact) mass is 209 g/mol. The van der Waals surface area contributed by atoms with Gasteiger partial charge in [-0.1, -0.05) is 0 Å². The van der Waals surface area contributed by atoms with Gasteiger partial charge < -0.3 is 14.6 Å². The van der Waals surface area contributed by atoms with Gasteiger partial charge in [0.2, 0.25) is 0 Å². The summed E-state index contributed by atoms with van der Waals surface area (Å²) in [5.74, 6) is 0.443. The molecule has 2 rings (SSSR count). The summed E-state index contributed by atoms with van der Waals surface area (Å²) in [5.41, 5.74) is -0.105. The fraction of sp³-hybridized carbons (Fsp3) is 0.600. The molecular formula is C10H15N3O2. The van der Waals surface area contributed by atoms with Gasteiger partial charge in [-0.15, -0.1) is 0 Å². The van der Waals surface area contributed by atoms with E-state index in [0.717, 1.165) is 19.4 Å². The molecule has 5 heteroatoms. The van der Waals surface area contributed by atoms with Gasteiger partial charge in [-0.25, -0.2) is 4.98 Å². The summed E-state index contributed by atoms with van der Waals surface area (Å²) < 4.78 is 1.50. The van der Waals surface area contributed by atoms with E-state index in [9.17, 15) is 9.90 Å². The molecule has 0 bridgehead atoms. The topological polar surface area (TPSA) is 58.4 Å². The maximum absolute atomic E-state index is 11.8. The third-order valence-electron chi connectivity index (χ3n) is 2.69. The second kappa shape index (κ2) is 4.02. The van der Waals surface area contributed by atoms with Crippen LogP contribution in [0.1, 0.15) is 12.8 Å². The van der Waals surface area contributed by atoms with Gasteiger partial charge in [-0.05, 0) is 12.8 Å². The Hall–Kier alpha value is -1.36. The van der Waals surface area contributed by atoms with Gasteiger partial charge in [0.1, 0.15) is 0 Å². The fourth-order valence-electron chi connectivity index (χ4n) is 1.85. The Morgan fingerprint density at radius 1 is 1.60 bits per heavy atom. The molecule has 1 saturated heterocycles. The Labute approximate surface area is 88.0 Å². The van der Waals surface area contributed by atoms with Crippen molar-refractivity contribution in [2.24, 2.45) is 7.05 Å². The molecule has 82 valence electrons. The first kappa shape index (κ1) is 10.2. The minimum atomic E-state index is -0.342. The highest BCUT2D eigenvalue weighted by Crippen LogP contribution is 2.13. The Morgan fingerprint density at radius 2 is 2.40 bits per heavy atom. The Morgan fingerprint density at radius 3 is 3.13 bits per heavy atom. The molecule has 1 aliphatic heterocycles. The SMILES string of the molecule is Cn1ccnc(N2CCC[C@H](O)C2)c1=O. The van der Waals surface area contributed by atoms with Crippen LogP contribution in [0.2, 0.25) is 0 Å². The van der Waals surface area contributed by atoms with Crippen LogP contribution in [0.3, 0.4) is 0 Å². The predicted octanol–water partition coefficient (Wildman–Crippen LogP) is -0.259. The first-order valence-corrected chi connectivity index (χ1v) is 5.13. The summed E-state index contributed by atoms with van der Waals surface area (Å²) in [5, 5.41) is 9.52. The minimum Gasteiger partial charge on any atom is -0.391 e. The molecule has 0 spiro atoms. The molecule has 5 nitrogen and oxygen atoms in total. The summed E-state index contributed by atoms with van der Waals surface area (Å²) in [6.45, 7) is 1.30. The highest BCUT2D eigenvalue weighted by atomic mass is 16.3. The molecule has 0 unspecified atom stereocenters. The van der Waals surface area contributed by atoms with Crippen molar-refractivity contribution in [1.29, 1.82) is 0 Å². The molecule has 1 atom stereocenters. The van der Waals surface area contributed by atoms with Crippen molar-refractivity contribution < 1.29 is 5.11 Å². The Balaban J connectivity index is 2.29. The normalized spacial score (nSPS) is 21.7. The Kier molecular flexibility index (Phi) is 2.73. The first-order chi connectivity index (χ1) is 7.18. The van der Waals surface area contributed by atoms with Gasteiger partial charge >= 0.3 is 0 Å². The number of aromatic nitrogens is 2. The highest BCUT2D eigenvalue weighted by molar-refractivity contribution is 5.36. The number of nitrogens with zero attached hydrogens (tertiary/aromatic N) is 3. The highest BCUT2D eigenvalue weighted by Gasteiger charge is 2.20. The lowest BCUT2D eigenvalue weighted by Gasteiger charge is -2.30. The molecule has 1 aliphatic rings. The number of hydrogen-bond donors (Lipinski definition) is 1. The summed E-state index contributed by atoms with van der Waals surface area (Å²) in [6, 6.07) is 0. The lowest BCUT2D eigenvalue weighted by molar-refractivity contribution is 0.153. The number of aryl methyl sites for hydroxylation is 1. The van der Waals surface area contributed by atoms with Crippen molar-refractivity contribution >= 4 is 5.82 Å². The van der Waals surface area contributed by atoms with Gasteiger partial charge in [-0.3, -0.25) is 4.79 Å². The zero-order chi connectivity index (χ0) is 10.8. The molecule has 2 heterocycles. The average molecular weight is 209 g/mol. The van der Waals surface area contributed by atoms with Crippen molar-refractivity contribution in [2.75, 3.05) is 18.0 Å². The number of rotatable bonds is 1. The molecule has 0 aliphatic carbocycles. The van der Waals surface area contributed by atoms with Crippen LogP contribution in [-0.2, 0) is 7.05 Å². The summed E-state index contributed by atoms with van der Waals surface area (Å²) in [4.78, 5) is 17.7. The van der Waals surface area contributed by atoms with E-state index in [4.69, 9.17) is 0 Å². The van der Waals surface area contributed by atoms with Gasteiger partial charge in [0, 0.05) is 32.5 Å². The van der Waals surface area contributed by atoms with Crippen LogP contribution in [0.25, 0.3) is 0 Å². The van der Waals surface area contributed by atoms with E-state index in [1.807, 2.05) is 4.90 Å². The molecule has 0 radical (unpaired) electrons. The number of β-amino-alcohol motifs (C(OH)–C–C–N with tert-alkyl or cyclic N) is 1. The predicted molar refractivity (Wildman–Crippen MR) is 56.9 cm³/mol. The number of anilines is 1. The van der Waals surface area contributed by atoms with Crippen LogP contribution in [0.5, 0.6) is 0 Å². The number of aliphatic hydroxyl groups is 1. The zero-order valence-corrected chi connectivity index (χ0v) is 8.76. The van der Waals surface area contributed by atoms with Crippen molar-refractivity contribution in [1.82, 2.24) is 9.55 Å². The molecule has 1 aromatic rings. The molecule has 1 N–H and O–H groups in total. The molecule has 15 heavy (non-hydrogen) atoms. The van der Waals surface area contributed by atoms with E-state index in [-0.39, 0.29) is 11.7 Å².